The van der Waals surface area contributed by atoms with Crippen LogP contribution in [0, 0.1) is 5.21 Å². The van der Waals surface area contributed by atoms with Crippen LogP contribution >= 0.6 is 0 Å². The Bertz CT molecular complexity index is 765. The standard InChI is InChI=1S/C13H11F6N5O4/c14-12(15,16)5-27-10-21-9(22-11(23-10)28-6-13(17,18)19)20-7-3-1-2-4-8(7)24(25)26/h1-4,24-25H,5-6H2,(H,20,21,22,23). The predicted octanol–water partition coefficient (Wildman–Crippen LogP) is 1.90. The molecule has 0 aliphatic heterocycles. The van der Waals surface area contributed by atoms with Crippen molar-refractivity contribution in [1.29, 1.82) is 0 Å². The maximum Gasteiger partial charge on any atom is 0.422 e. The van der Waals surface area contributed by atoms with Crippen molar-refractivity contribution in [2.75, 3.05) is 18.5 Å². The van der Waals surface area contributed by atoms with Crippen molar-refractivity contribution in [3.63, 3.8) is 0 Å². The molecule has 0 amide bonds. The van der Waals surface area contributed by atoms with Gasteiger partial charge in [0.05, 0.1) is 0 Å². The zero-order valence-corrected chi connectivity index (χ0v) is 13.5. The molecule has 1 atom stereocenters. The van der Waals surface area contributed by atoms with Gasteiger partial charge in [0, 0.05) is 6.07 Å². The number of nitrogens with zero attached hydrogens (tertiary/aromatic N) is 3. The number of benzene rings is 1. The average Bonchev–Trinajstić information content (AvgIpc) is 2.57. The first-order valence-corrected chi connectivity index (χ1v) is 7.17. The van der Waals surface area contributed by atoms with Crippen LogP contribution in [0.4, 0.5) is 43.7 Å². The minimum Gasteiger partial charge on any atom is -0.595 e. The largest absolute Gasteiger partial charge is 0.595 e. The Labute approximate surface area is 152 Å². The molecular weight excluding hydrogens is 404 g/mol. The third-order valence-electron chi connectivity index (χ3n) is 2.73. The molecule has 1 aromatic heterocycles. The first-order valence-electron chi connectivity index (χ1n) is 7.17. The van der Waals surface area contributed by atoms with Crippen molar-refractivity contribution >= 4 is 17.3 Å². The Balaban J connectivity index is 2.31. The maximum absolute atomic E-state index is 12.3. The van der Waals surface area contributed by atoms with E-state index in [1.54, 1.807) is 0 Å². The Morgan fingerprint density at radius 2 is 1.43 bits per heavy atom. The van der Waals surface area contributed by atoms with Crippen molar-refractivity contribution in [1.82, 2.24) is 15.0 Å². The lowest BCUT2D eigenvalue weighted by molar-refractivity contribution is -0.990. The van der Waals surface area contributed by atoms with E-state index in [0.717, 1.165) is 0 Å². The predicted molar refractivity (Wildman–Crippen MR) is 78.4 cm³/mol. The molecule has 1 unspecified atom stereocenters. The summed E-state index contributed by atoms with van der Waals surface area (Å²) in [5.74, 6) is -0.585. The summed E-state index contributed by atoms with van der Waals surface area (Å²) in [7, 11) is 0. The van der Waals surface area contributed by atoms with E-state index in [0.29, 0.717) is 0 Å². The quantitative estimate of drug-likeness (QED) is 0.464. The summed E-state index contributed by atoms with van der Waals surface area (Å²) in [4.78, 5) is 10.1. The van der Waals surface area contributed by atoms with Crippen molar-refractivity contribution < 1.29 is 46.2 Å². The highest BCUT2D eigenvalue weighted by atomic mass is 19.4. The van der Waals surface area contributed by atoms with Gasteiger partial charge in [-0.1, -0.05) is 12.1 Å². The van der Waals surface area contributed by atoms with Gasteiger partial charge in [-0.15, -0.1) is 4.98 Å². The molecule has 1 heterocycles. The molecule has 1 aromatic carbocycles. The zero-order valence-electron chi connectivity index (χ0n) is 13.5. The van der Waals surface area contributed by atoms with Gasteiger partial charge < -0.3 is 20.0 Å². The van der Waals surface area contributed by atoms with Crippen molar-refractivity contribution in [3.05, 3.63) is 29.5 Å². The number of anilines is 2. The number of nitrogens with one attached hydrogen (secondary N) is 2. The van der Waals surface area contributed by atoms with E-state index in [-0.39, 0.29) is 11.4 Å². The monoisotopic (exact) mass is 415 g/mol. The molecule has 0 saturated carbocycles. The normalized spacial score (nSPS) is 13.1. The molecule has 0 spiro atoms. The number of quaternary nitrogens is 1. The molecule has 0 radical (unpaired) electrons. The van der Waals surface area contributed by atoms with Crippen LogP contribution in [-0.2, 0) is 0 Å². The van der Waals surface area contributed by atoms with Gasteiger partial charge in [0.15, 0.2) is 18.9 Å². The molecular formula is C13H11F6N5O4. The van der Waals surface area contributed by atoms with E-state index >= 15 is 0 Å². The third kappa shape index (κ3) is 7.01. The number of para-hydroxylation sites is 2. The number of hydrogen-bond acceptors (Lipinski definition) is 8. The highest BCUT2D eigenvalue weighted by molar-refractivity contribution is 5.66. The highest BCUT2D eigenvalue weighted by Crippen LogP contribution is 2.24. The number of aromatic nitrogens is 3. The number of ether oxygens (including phenoxy) is 2. The van der Waals surface area contributed by atoms with Gasteiger partial charge in [-0.25, -0.2) is 5.21 Å². The molecule has 9 nitrogen and oxygen atoms in total. The van der Waals surface area contributed by atoms with Gasteiger partial charge in [0.1, 0.15) is 5.69 Å². The van der Waals surface area contributed by atoms with Crippen molar-refractivity contribution in [2.45, 2.75) is 12.4 Å². The van der Waals surface area contributed by atoms with Gasteiger partial charge in [-0.2, -0.15) is 41.5 Å². The van der Waals surface area contributed by atoms with Crippen LogP contribution in [0.2, 0.25) is 0 Å². The molecule has 0 fully saturated rings. The molecule has 0 aliphatic carbocycles. The summed E-state index contributed by atoms with van der Waals surface area (Å²) < 4.78 is 82.3. The Morgan fingerprint density at radius 3 is 1.89 bits per heavy atom. The first kappa shape index (κ1) is 21.4. The molecule has 0 aliphatic rings. The van der Waals surface area contributed by atoms with E-state index in [1.165, 1.54) is 24.3 Å². The molecule has 3 N–H and O–H groups in total. The third-order valence-corrected chi connectivity index (χ3v) is 2.73. The van der Waals surface area contributed by atoms with Gasteiger partial charge in [0.2, 0.25) is 5.95 Å². The molecule has 0 saturated heterocycles. The lowest BCUT2D eigenvalue weighted by atomic mass is 10.3. The van der Waals surface area contributed by atoms with Crippen LogP contribution in [0.1, 0.15) is 0 Å². The van der Waals surface area contributed by atoms with Crippen LogP contribution < -0.4 is 20.0 Å². The van der Waals surface area contributed by atoms with Gasteiger partial charge in [0.25, 0.3) is 0 Å². The summed E-state index contributed by atoms with van der Waals surface area (Å²) >= 11 is 0. The Kier molecular flexibility index (Phi) is 6.42. The van der Waals surface area contributed by atoms with Crippen molar-refractivity contribution in [3.8, 4) is 12.0 Å². The second-order valence-electron chi connectivity index (χ2n) is 5.01. The second kappa shape index (κ2) is 8.41. The first-order chi connectivity index (χ1) is 12.9. The van der Waals surface area contributed by atoms with Gasteiger partial charge in [-0.05, 0) is 6.07 Å². The van der Waals surface area contributed by atoms with Crippen LogP contribution in [0.15, 0.2) is 24.3 Å². The van der Waals surface area contributed by atoms with E-state index in [4.69, 9.17) is 5.21 Å². The van der Waals surface area contributed by atoms with E-state index in [9.17, 15) is 31.5 Å². The number of alkyl halides is 6. The SMILES string of the molecule is [O-][NH+](O)c1ccccc1Nc1nc(OCC(F)(F)F)nc(OCC(F)(F)F)n1. The zero-order chi connectivity index (χ0) is 20.9. The smallest absolute Gasteiger partial charge is 0.422 e. The summed E-state index contributed by atoms with van der Waals surface area (Å²) in [5, 5.41) is 21.3. The maximum atomic E-state index is 12.3. The Morgan fingerprint density at radius 1 is 0.929 bits per heavy atom. The van der Waals surface area contributed by atoms with Crippen LogP contribution in [0.25, 0.3) is 0 Å². The summed E-state index contributed by atoms with van der Waals surface area (Å²) in [6, 6.07) is 3.36. The van der Waals surface area contributed by atoms with E-state index in [1.807, 2.05) is 0 Å². The lowest BCUT2D eigenvalue weighted by Gasteiger charge is -2.16. The highest BCUT2D eigenvalue weighted by Gasteiger charge is 2.31. The number of halogens is 6. The van der Waals surface area contributed by atoms with Gasteiger partial charge in [-0.3, -0.25) is 0 Å². The van der Waals surface area contributed by atoms with Gasteiger partial charge >= 0.3 is 24.4 Å². The van der Waals surface area contributed by atoms with E-state index in [2.05, 4.69) is 29.7 Å². The fourth-order valence-electron chi connectivity index (χ4n) is 1.71. The molecule has 2 aromatic rings. The fraction of sp³-hybridized carbons (Fsp3) is 0.308. The second-order valence-corrected chi connectivity index (χ2v) is 5.01. The number of hydrogen-bond donors (Lipinski definition) is 3. The Hall–Kier alpha value is -2.91. The number of rotatable bonds is 7. The van der Waals surface area contributed by atoms with Crippen LogP contribution in [0.5, 0.6) is 12.0 Å². The lowest BCUT2D eigenvalue weighted by Crippen LogP contribution is -2.99. The molecule has 154 valence electrons. The topological polar surface area (TPSA) is 117 Å². The van der Waals surface area contributed by atoms with Crippen molar-refractivity contribution in [2.24, 2.45) is 0 Å². The minimum atomic E-state index is -4.76. The fourth-order valence-corrected chi connectivity index (χ4v) is 1.71. The average molecular weight is 415 g/mol. The molecule has 2 rings (SSSR count). The molecule has 0 bridgehead atoms. The van der Waals surface area contributed by atoms with E-state index < -0.39 is 48.8 Å². The molecule has 15 heteroatoms. The summed E-state index contributed by atoms with van der Waals surface area (Å²) in [5.41, 5.74) is -0.330. The summed E-state index contributed by atoms with van der Waals surface area (Å²) in [6.07, 6.45) is -9.52. The summed E-state index contributed by atoms with van der Waals surface area (Å²) in [6.45, 7) is -3.64. The minimum absolute atomic E-state index is 0.0789. The van der Waals surface area contributed by atoms with Crippen LogP contribution in [-0.4, -0.2) is 45.7 Å². The molecule has 28 heavy (non-hydrogen) atoms. The van der Waals surface area contributed by atoms with Crippen LogP contribution in [0.3, 0.4) is 0 Å².